The van der Waals surface area contributed by atoms with Gasteiger partial charge in [-0.2, -0.15) is 0 Å². The van der Waals surface area contributed by atoms with Gasteiger partial charge in [-0.05, 0) is 32.9 Å². The molecule has 5 nitrogen and oxygen atoms in total. The number of fused-ring (bicyclic) bond motifs is 1. The van der Waals surface area contributed by atoms with Crippen molar-refractivity contribution < 1.29 is 13.9 Å². The molecule has 1 aromatic heterocycles. The molecule has 2 rings (SSSR count). The molecule has 0 aliphatic carbocycles. The van der Waals surface area contributed by atoms with Gasteiger partial charge in [0.25, 0.3) is 0 Å². The first kappa shape index (κ1) is 13.8. The average Bonchev–Trinajstić information content (AvgIpc) is 2.68. The van der Waals surface area contributed by atoms with Crippen LogP contribution in [-0.4, -0.2) is 23.8 Å². The predicted octanol–water partition coefficient (Wildman–Crippen LogP) is 2.74. The smallest absolute Gasteiger partial charge is 0.221 e. The maximum Gasteiger partial charge on any atom is 0.221 e. The fraction of sp³-hybridized carbons (Fsp3) is 0.500. The van der Waals surface area contributed by atoms with Crippen LogP contribution in [0.5, 0.6) is 0 Å². The summed E-state index contributed by atoms with van der Waals surface area (Å²) in [5.74, 6) is 0.552. The number of oxazole rings is 1. The number of ether oxygens (including phenoxy) is 2. The van der Waals surface area contributed by atoms with Gasteiger partial charge in [0.05, 0.1) is 18.8 Å². The average molecular weight is 264 g/mol. The molecule has 0 saturated heterocycles. The van der Waals surface area contributed by atoms with Crippen LogP contribution in [0.4, 0.5) is 5.69 Å². The standard InChI is InChI=1S/C14H20N2O3/c1-14(2,3)18-7-6-17-9-13-16-11-5-4-10(15)8-12(11)19-13/h4-5,8H,6-7,9,15H2,1-3H3. The van der Waals surface area contributed by atoms with Crippen LogP contribution in [0.25, 0.3) is 11.1 Å². The summed E-state index contributed by atoms with van der Waals surface area (Å²) >= 11 is 0. The molecule has 0 aliphatic rings. The Labute approximate surface area is 112 Å². The van der Waals surface area contributed by atoms with Crippen LogP contribution in [0.2, 0.25) is 0 Å². The topological polar surface area (TPSA) is 70.5 Å². The lowest BCUT2D eigenvalue weighted by Crippen LogP contribution is -2.21. The van der Waals surface area contributed by atoms with Crippen LogP contribution in [0.1, 0.15) is 26.7 Å². The zero-order valence-corrected chi connectivity index (χ0v) is 11.6. The Balaban J connectivity index is 1.82. The van der Waals surface area contributed by atoms with Crippen LogP contribution in [0, 0.1) is 0 Å². The third kappa shape index (κ3) is 4.22. The summed E-state index contributed by atoms with van der Waals surface area (Å²) in [6.07, 6.45) is 0. The van der Waals surface area contributed by atoms with E-state index >= 15 is 0 Å². The fourth-order valence-electron chi connectivity index (χ4n) is 1.62. The molecule has 5 heteroatoms. The van der Waals surface area contributed by atoms with E-state index in [2.05, 4.69) is 4.98 Å². The normalized spacial score (nSPS) is 12.2. The van der Waals surface area contributed by atoms with E-state index in [0.717, 1.165) is 5.52 Å². The molecule has 1 heterocycles. The molecule has 0 fully saturated rings. The van der Waals surface area contributed by atoms with E-state index in [4.69, 9.17) is 19.6 Å². The van der Waals surface area contributed by atoms with Crippen LogP contribution >= 0.6 is 0 Å². The van der Waals surface area contributed by atoms with Gasteiger partial charge < -0.3 is 19.6 Å². The Kier molecular flexibility index (Phi) is 4.07. The third-order valence-corrected chi connectivity index (χ3v) is 2.45. The molecule has 0 amide bonds. The summed E-state index contributed by atoms with van der Waals surface area (Å²) in [7, 11) is 0. The number of aromatic nitrogens is 1. The Morgan fingerprint density at radius 1 is 1.26 bits per heavy atom. The summed E-state index contributed by atoms with van der Waals surface area (Å²) < 4.78 is 16.6. The molecule has 0 atom stereocenters. The van der Waals surface area contributed by atoms with Crippen LogP contribution in [-0.2, 0) is 16.1 Å². The van der Waals surface area contributed by atoms with Crippen molar-refractivity contribution in [3.63, 3.8) is 0 Å². The highest BCUT2D eigenvalue weighted by Crippen LogP contribution is 2.18. The molecule has 0 aliphatic heterocycles. The maximum absolute atomic E-state index is 5.68. The highest BCUT2D eigenvalue weighted by Gasteiger charge is 2.10. The number of benzene rings is 1. The molecule has 0 radical (unpaired) electrons. The number of anilines is 1. The zero-order valence-electron chi connectivity index (χ0n) is 11.6. The first-order chi connectivity index (χ1) is 8.94. The minimum Gasteiger partial charge on any atom is -0.438 e. The van der Waals surface area contributed by atoms with Gasteiger partial charge in [0.2, 0.25) is 5.89 Å². The fourth-order valence-corrected chi connectivity index (χ4v) is 1.62. The Morgan fingerprint density at radius 2 is 2.05 bits per heavy atom. The molecular formula is C14H20N2O3. The van der Waals surface area contributed by atoms with E-state index in [9.17, 15) is 0 Å². The second-order valence-corrected chi connectivity index (χ2v) is 5.35. The summed E-state index contributed by atoms with van der Waals surface area (Å²) in [6.45, 7) is 7.44. The summed E-state index contributed by atoms with van der Waals surface area (Å²) in [6, 6.07) is 5.39. The molecule has 19 heavy (non-hydrogen) atoms. The first-order valence-corrected chi connectivity index (χ1v) is 6.31. The molecule has 0 spiro atoms. The van der Waals surface area contributed by atoms with Crippen molar-refractivity contribution in [2.45, 2.75) is 33.0 Å². The lowest BCUT2D eigenvalue weighted by Gasteiger charge is -2.19. The minimum absolute atomic E-state index is 0.140. The maximum atomic E-state index is 5.68. The molecule has 0 unspecified atom stereocenters. The van der Waals surface area contributed by atoms with Crippen LogP contribution < -0.4 is 5.73 Å². The third-order valence-electron chi connectivity index (χ3n) is 2.45. The Hall–Kier alpha value is -1.59. The second-order valence-electron chi connectivity index (χ2n) is 5.35. The zero-order chi connectivity index (χ0) is 13.9. The van der Waals surface area contributed by atoms with E-state index in [1.807, 2.05) is 26.8 Å². The van der Waals surface area contributed by atoms with Crippen molar-refractivity contribution in [1.82, 2.24) is 4.98 Å². The first-order valence-electron chi connectivity index (χ1n) is 6.31. The number of nitrogens with zero attached hydrogens (tertiary/aromatic N) is 1. The van der Waals surface area contributed by atoms with Crippen molar-refractivity contribution in [1.29, 1.82) is 0 Å². The van der Waals surface area contributed by atoms with Crippen molar-refractivity contribution in [3.05, 3.63) is 24.1 Å². The van der Waals surface area contributed by atoms with Crippen LogP contribution in [0.3, 0.4) is 0 Å². The molecule has 2 N–H and O–H groups in total. The lowest BCUT2D eigenvalue weighted by molar-refractivity contribution is -0.0398. The van der Waals surface area contributed by atoms with Crippen LogP contribution in [0.15, 0.2) is 22.6 Å². The predicted molar refractivity (Wildman–Crippen MR) is 73.8 cm³/mol. The quantitative estimate of drug-likeness (QED) is 0.664. The number of nitrogens with two attached hydrogens (primary N) is 1. The van der Waals surface area contributed by atoms with Crippen molar-refractivity contribution >= 4 is 16.8 Å². The van der Waals surface area contributed by atoms with Gasteiger partial charge in [0, 0.05) is 11.8 Å². The second kappa shape index (κ2) is 5.59. The van der Waals surface area contributed by atoms with Crippen molar-refractivity contribution in [2.24, 2.45) is 0 Å². The molecule has 0 saturated carbocycles. The monoisotopic (exact) mass is 264 g/mol. The molecule has 2 aromatic rings. The van der Waals surface area contributed by atoms with Gasteiger partial charge in [-0.25, -0.2) is 4.98 Å². The van der Waals surface area contributed by atoms with Crippen molar-refractivity contribution in [3.8, 4) is 0 Å². The molecule has 104 valence electrons. The minimum atomic E-state index is -0.140. The number of hydrogen-bond donors (Lipinski definition) is 1. The van der Waals surface area contributed by atoms with E-state index in [1.54, 1.807) is 12.1 Å². The summed E-state index contributed by atoms with van der Waals surface area (Å²) in [5, 5.41) is 0. The summed E-state index contributed by atoms with van der Waals surface area (Å²) in [4.78, 5) is 4.31. The van der Waals surface area contributed by atoms with Gasteiger partial charge in [-0.3, -0.25) is 0 Å². The Morgan fingerprint density at radius 3 is 2.79 bits per heavy atom. The summed E-state index contributed by atoms with van der Waals surface area (Å²) in [5.41, 5.74) is 7.67. The SMILES string of the molecule is CC(C)(C)OCCOCc1nc2ccc(N)cc2o1. The number of nitrogen functional groups attached to an aromatic ring is 1. The molecular weight excluding hydrogens is 244 g/mol. The largest absolute Gasteiger partial charge is 0.438 e. The number of rotatable bonds is 5. The van der Waals surface area contributed by atoms with E-state index in [0.29, 0.717) is 37.0 Å². The van der Waals surface area contributed by atoms with Gasteiger partial charge >= 0.3 is 0 Å². The Bertz CT molecular complexity index is 543. The van der Waals surface area contributed by atoms with Gasteiger partial charge in [-0.15, -0.1) is 0 Å². The van der Waals surface area contributed by atoms with Gasteiger partial charge in [0.15, 0.2) is 5.58 Å². The lowest BCUT2D eigenvalue weighted by atomic mass is 10.2. The van der Waals surface area contributed by atoms with Gasteiger partial charge in [-0.1, -0.05) is 0 Å². The molecule has 0 bridgehead atoms. The van der Waals surface area contributed by atoms with E-state index in [-0.39, 0.29) is 5.60 Å². The molecule has 1 aromatic carbocycles. The van der Waals surface area contributed by atoms with E-state index < -0.39 is 0 Å². The van der Waals surface area contributed by atoms with Gasteiger partial charge in [0.1, 0.15) is 12.1 Å². The highest BCUT2D eigenvalue weighted by atomic mass is 16.5. The highest BCUT2D eigenvalue weighted by molar-refractivity contribution is 5.76. The number of hydrogen-bond acceptors (Lipinski definition) is 5. The van der Waals surface area contributed by atoms with Crippen molar-refractivity contribution in [2.75, 3.05) is 18.9 Å². The van der Waals surface area contributed by atoms with E-state index in [1.165, 1.54) is 0 Å².